The van der Waals surface area contributed by atoms with Crippen LogP contribution in [0.2, 0.25) is 0 Å². The van der Waals surface area contributed by atoms with Crippen LogP contribution in [0.5, 0.6) is 23.0 Å². The van der Waals surface area contributed by atoms with Gasteiger partial charge in [0.05, 0.1) is 39.2 Å². The summed E-state index contributed by atoms with van der Waals surface area (Å²) in [6.07, 6.45) is 1.56. The number of benzene rings is 11. The Kier molecular flexibility index (Phi) is 39.8. The van der Waals surface area contributed by atoms with Gasteiger partial charge >= 0.3 is 0 Å². The summed E-state index contributed by atoms with van der Waals surface area (Å²) in [7, 11) is 0. The Bertz CT molecular complexity index is 6960. The average Bonchev–Trinajstić information content (AvgIpc) is 1.77. The van der Waals surface area contributed by atoms with Gasteiger partial charge in [0, 0.05) is 93.4 Å². The van der Waals surface area contributed by atoms with Gasteiger partial charge in [-0.3, -0.25) is 37.7 Å². The number of halogens is 12. The normalized spacial score (nSPS) is 10.5. The fourth-order valence-corrected chi connectivity index (χ4v) is 15.4. The summed E-state index contributed by atoms with van der Waals surface area (Å²) in [6.45, 7) is 10.9. The Hall–Kier alpha value is -13.3. The number of H-pyrrole nitrogens is 1. The molecule has 0 fully saturated rings. The van der Waals surface area contributed by atoms with Gasteiger partial charge in [-0.05, 0) is 200 Å². The van der Waals surface area contributed by atoms with Crippen LogP contribution in [-0.2, 0) is 69.9 Å². The highest BCUT2D eigenvalue weighted by Crippen LogP contribution is 2.38. The third-order valence-electron chi connectivity index (χ3n) is 20.2. The van der Waals surface area contributed by atoms with Crippen LogP contribution in [-0.4, -0.2) is 60.1 Å². The van der Waals surface area contributed by atoms with Crippen LogP contribution in [0.15, 0.2) is 309 Å². The lowest BCUT2D eigenvalue weighted by molar-refractivity contribution is -0.134. The van der Waals surface area contributed by atoms with Crippen LogP contribution in [0, 0.1) is 81.2 Å². The molecule has 0 saturated carbocycles. The second-order valence-corrected chi connectivity index (χ2v) is 32.8. The van der Waals surface area contributed by atoms with Crippen molar-refractivity contribution in [3.8, 4) is 79.0 Å². The number of hydrogen-bond donors (Lipinski definition) is 3. The molecule has 5 aromatic heterocycles. The van der Waals surface area contributed by atoms with E-state index >= 15 is 0 Å². The van der Waals surface area contributed by atoms with Gasteiger partial charge in [-0.1, -0.05) is 204 Å². The van der Waals surface area contributed by atoms with E-state index < -0.39 is 35.0 Å². The summed E-state index contributed by atoms with van der Waals surface area (Å²) >= 11 is 13.5. The molecule has 0 aliphatic carbocycles. The van der Waals surface area contributed by atoms with E-state index in [0.717, 1.165) is 56.7 Å². The molecule has 696 valence electrons. The fraction of sp³-hybridized carbons (Fsp3) is 0.163. The molecule has 0 aliphatic rings. The number of carboxylic acid groups (broad SMARTS) is 1. The molecule has 16 aromatic rings. The number of aromatic hydroxyl groups is 1. The zero-order valence-corrected chi connectivity index (χ0v) is 80.8. The van der Waals surface area contributed by atoms with E-state index in [1.165, 1.54) is 91.8 Å². The van der Waals surface area contributed by atoms with Crippen molar-refractivity contribution >= 4 is 77.4 Å². The van der Waals surface area contributed by atoms with Crippen LogP contribution >= 0.6 is 71.5 Å². The number of phenolic OH excluding ortho intramolecular Hbond substituents is 1. The van der Waals surface area contributed by atoms with Gasteiger partial charge in [-0.2, -0.15) is 0 Å². The van der Waals surface area contributed by atoms with Crippen molar-refractivity contribution in [1.29, 1.82) is 0 Å². The quantitative estimate of drug-likeness (QED) is 0.0357. The smallest absolute Gasteiger partial charge is 0.300 e. The maximum Gasteiger partial charge on any atom is 0.300 e. The number of carboxylic acids is 1. The van der Waals surface area contributed by atoms with Crippen molar-refractivity contribution < 1.29 is 64.3 Å². The van der Waals surface area contributed by atoms with Crippen LogP contribution in [0.1, 0.15) is 73.5 Å². The van der Waals surface area contributed by atoms with Crippen molar-refractivity contribution in [2.45, 2.75) is 107 Å². The van der Waals surface area contributed by atoms with E-state index in [0.29, 0.717) is 72.6 Å². The lowest BCUT2D eigenvalue weighted by Crippen LogP contribution is -2.27. The second kappa shape index (κ2) is 51.8. The van der Waals surface area contributed by atoms with E-state index in [2.05, 4.69) is 85.0 Å². The summed E-state index contributed by atoms with van der Waals surface area (Å²) in [5, 5.41) is 18.5. The Labute approximate surface area is 809 Å². The molecule has 3 N–H and O–H groups in total. The van der Waals surface area contributed by atoms with Crippen LogP contribution < -0.4 is 36.4 Å². The van der Waals surface area contributed by atoms with Gasteiger partial charge in [-0.25, -0.2) is 55.1 Å². The number of para-hydroxylation sites is 4. The Morgan fingerprint density at radius 1 is 0.400 bits per heavy atom. The zero-order valence-electron chi connectivity index (χ0n) is 73.6. The van der Waals surface area contributed by atoms with Gasteiger partial charge in [0.15, 0.2) is 46.3 Å². The topological polar surface area (TPSA) is 236 Å². The molecular weight excluding hydrogens is 2020 g/mol. The molecule has 18 nitrogen and oxygen atoms in total. The first-order chi connectivity index (χ1) is 65.0. The minimum absolute atomic E-state index is 0.00890. The van der Waals surface area contributed by atoms with Gasteiger partial charge in [-0.15, -0.1) is 11.3 Å². The number of aromatic amines is 1. The largest absolute Gasteiger partial charge is 0.504 e. The Morgan fingerprint density at radius 2 is 0.748 bits per heavy atom. The van der Waals surface area contributed by atoms with Crippen molar-refractivity contribution in [1.82, 2.24) is 38.6 Å². The highest BCUT2D eigenvalue weighted by Gasteiger charge is 2.26. The van der Waals surface area contributed by atoms with E-state index in [-0.39, 0.29) is 144 Å². The van der Waals surface area contributed by atoms with E-state index in [9.17, 15) is 59.4 Å². The number of carbonyl (C=O) groups is 1. The van der Waals surface area contributed by atoms with Crippen LogP contribution in [0.25, 0.3) is 56.0 Å². The number of aromatic nitrogens is 8. The average molecular weight is 2120 g/mol. The SMILES string of the molecule is BrBr.CC(=O)O.Cc1cc(=O)[nH]c(-c2cccc(F)c2OCc2ccccc2)n1.Cc1cc(=O)n(CCc2ccccc2F)c(-c2cccc(F)c2OCc2ccccc2)n1.Cc1ccc(-c2c(C)nc(-c3cccc(F)c3O)n(CCc3ccccc3F)c2=O)s1.Cc1nc(-c2cccc(F)c2OCc2ccccc2)n(CCc2ccccc2F)c(=O)c1Br.Fc1ccccc1CCBr. The molecule has 0 amide bonds. The monoisotopic (exact) mass is 2110 g/mol. The summed E-state index contributed by atoms with van der Waals surface area (Å²) in [4.78, 5) is 82.5. The summed E-state index contributed by atoms with van der Waals surface area (Å²) in [5.74, 6) is -3.87. The molecule has 0 saturated heterocycles. The Morgan fingerprint density at radius 3 is 1.16 bits per heavy atom. The first kappa shape index (κ1) is 104. The molecule has 0 aliphatic heterocycles. The minimum Gasteiger partial charge on any atom is -0.504 e. The molecule has 0 atom stereocenters. The maximum absolute atomic E-state index is 14.9. The van der Waals surface area contributed by atoms with Gasteiger partial charge < -0.3 is 29.4 Å². The zero-order chi connectivity index (χ0) is 97.2. The minimum atomic E-state index is -0.833. The Balaban J connectivity index is 0.000000177. The highest BCUT2D eigenvalue weighted by molar-refractivity contribution is 9.93. The molecule has 0 bridgehead atoms. The van der Waals surface area contributed by atoms with Crippen molar-refractivity contribution in [3.63, 3.8) is 0 Å². The molecule has 0 radical (unpaired) electrons. The first-order valence-electron chi connectivity index (χ1n) is 41.9. The lowest BCUT2D eigenvalue weighted by atomic mass is 10.1. The summed E-state index contributed by atoms with van der Waals surface area (Å²) < 4.78 is 135. The van der Waals surface area contributed by atoms with Crippen molar-refractivity contribution in [2.75, 3.05) is 5.33 Å². The van der Waals surface area contributed by atoms with Crippen molar-refractivity contribution in [3.05, 3.63) is 444 Å². The van der Waals surface area contributed by atoms with Gasteiger partial charge in [0.2, 0.25) is 0 Å². The summed E-state index contributed by atoms with van der Waals surface area (Å²) in [5.41, 5.74) is 7.39. The number of aryl methyl sites for hydroxylation is 9. The molecule has 16 rings (SSSR count). The fourth-order valence-electron chi connectivity index (χ4n) is 13.7. The number of thiophene rings is 1. The van der Waals surface area contributed by atoms with Crippen molar-refractivity contribution in [2.24, 2.45) is 0 Å². The van der Waals surface area contributed by atoms with E-state index in [1.54, 1.807) is 131 Å². The molecule has 0 spiro atoms. The standard InChI is InChI=1S/C26H21BrF2N2O2.C26H22F2N2O2.C24H20F2N2O2S.C18H15FN2O2.C8H8BrF.C2H4O2.Br2/c1-17-23(27)26(32)31(15-14-19-10-5-6-12-21(19)28)25(30-17)20-11-7-13-22(29)24(20)33-16-18-8-3-2-4-9-18;1-18-16-24(31)30(15-14-20-10-5-6-12-22(20)27)26(29-18)21-11-7-13-23(28)25(21)32-17-19-8-3-2-4-9-19;1-14-10-11-20(31-14)21-15(2)27-23(17-7-5-9-19(26)22(17)29)28(24(21)30)13-12-16-6-3-4-8-18(16)25;1-12-10-16(22)21-18(20-12)14-8-5-9-15(19)17(14)23-11-13-6-3-2-4-7-13;9-6-5-7-3-1-2-4-8(7)10;1-2(3)4;1-2/h2-13H,14-16H2,1H3;2-13,16H,14-15,17H2,1H3;3-11,29H,12-13H2,1-2H3;2-10H,11H2,1H3,(H,20,21,22);1-4H,5-6H2;1H3,(H,3,4);. The molecule has 31 heteroatoms. The van der Waals surface area contributed by atoms with Gasteiger partial charge in [0.25, 0.3) is 28.2 Å². The molecule has 0 unspecified atom stereocenters. The van der Waals surface area contributed by atoms with E-state index in [4.69, 9.17) is 24.1 Å². The van der Waals surface area contributed by atoms with E-state index in [1.807, 2.05) is 116 Å². The number of alkyl halides is 1. The first-order valence-corrected chi connectivity index (χ1v) is 48.3. The number of rotatable bonds is 25. The van der Waals surface area contributed by atoms with Crippen LogP contribution in [0.4, 0.5) is 35.1 Å². The number of nitrogens with zero attached hydrogens (tertiary/aromatic N) is 7. The second-order valence-electron chi connectivity index (χ2n) is 29.9. The third-order valence-corrected chi connectivity index (χ3v) is 22.5. The van der Waals surface area contributed by atoms with Crippen LogP contribution in [0.3, 0.4) is 0 Å². The molecule has 135 heavy (non-hydrogen) atoms. The molecule has 5 heterocycles. The predicted molar refractivity (Wildman–Crippen MR) is 526 cm³/mol. The summed E-state index contributed by atoms with van der Waals surface area (Å²) in [6, 6.07) is 78.6. The lowest BCUT2D eigenvalue weighted by Gasteiger charge is -2.18. The third kappa shape index (κ3) is 29.3. The number of phenols is 1. The predicted octanol–water partition coefficient (Wildman–Crippen LogP) is 24.9. The maximum atomic E-state index is 14.9. The highest BCUT2D eigenvalue weighted by atomic mass is 80.9. The number of hydrogen-bond acceptors (Lipinski definition) is 14. The molecule has 11 aromatic carbocycles. The van der Waals surface area contributed by atoms with Gasteiger partial charge in [0.1, 0.15) is 70.9 Å². The molecular formula is C104H90Br4F8N8O10S. The number of ether oxygens (including phenoxy) is 3. The number of aliphatic carboxylic acids is 1. The number of nitrogens with one attached hydrogen (secondary N) is 1.